The highest BCUT2D eigenvalue weighted by atomic mass is 32.2. The van der Waals surface area contributed by atoms with Crippen LogP contribution in [0.2, 0.25) is 0 Å². The molecule has 2 aliphatic heterocycles. The van der Waals surface area contributed by atoms with Crippen LogP contribution in [0.5, 0.6) is 0 Å². The van der Waals surface area contributed by atoms with Gasteiger partial charge in [0.2, 0.25) is 11.8 Å². The van der Waals surface area contributed by atoms with Gasteiger partial charge in [-0.15, -0.1) is 23.5 Å². The van der Waals surface area contributed by atoms with E-state index in [1.165, 1.54) is 23.5 Å². The van der Waals surface area contributed by atoms with Crippen molar-refractivity contribution in [2.24, 2.45) is 7.05 Å². The first kappa shape index (κ1) is 24.5. The molecule has 2 N–H and O–H groups in total. The molecule has 3 aromatic rings. The second kappa shape index (κ2) is 10.0. The van der Waals surface area contributed by atoms with E-state index in [0.717, 1.165) is 21.8 Å². The number of nitrogens with zero attached hydrogens (tertiary/aromatic N) is 3. The van der Waals surface area contributed by atoms with Crippen molar-refractivity contribution in [3.8, 4) is 0 Å². The number of aromatic nitrogens is 2. The minimum Gasteiger partial charge on any atom is -0.480 e. The van der Waals surface area contributed by atoms with E-state index in [1.54, 1.807) is 11.1 Å². The van der Waals surface area contributed by atoms with Crippen molar-refractivity contribution >= 4 is 41.3 Å². The summed E-state index contributed by atoms with van der Waals surface area (Å²) in [5.74, 6) is -0.191. The number of hydrogen-bond acceptors (Lipinski definition) is 6. The van der Waals surface area contributed by atoms with Crippen molar-refractivity contribution in [3.63, 3.8) is 0 Å². The van der Waals surface area contributed by atoms with Gasteiger partial charge in [-0.05, 0) is 17.2 Å². The fourth-order valence-electron chi connectivity index (χ4n) is 4.49. The number of carbonyl (C=O) groups excluding carboxylic acids is 2. The third-order valence-electron chi connectivity index (χ3n) is 6.52. The number of β-lactam (4-membered cyclic amide) rings is 1. The molecule has 2 amide bonds. The van der Waals surface area contributed by atoms with E-state index < -0.39 is 16.8 Å². The zero-order chi connectivity index (χ0) is 25.3. The number of rotatable bonds is 8. The quantitative estimate of drug-likeness (QED) is 0.438. The van der Waals surface area contributed by atoms with E-state index >= 15 is 0 Å². The monoisotopic (exact) mass is 522 g/mol. The minimum absolute atomic E-state index is 0.0886. The van der Waals surface area contributed by atoms with Gasteiger partial charge in [0, 0.05) is 43.1 Å². The lowest BCUT2D eigenvalue weighted by atomic mass is 10.0. The van der Waals surface area contributed by atoms with Crippen LogP contribution >= 0.6 is 23.5 Å². The third-order valence-corrected chi connectivity index (χ3v) is 9.68. The fourth-order valence-corrected chi connectivity index (χ4v) is 7.45. The molecular formula is C26H26N4O4S2. The number of aliphatic carboxylic acids is 1. The molecule has 3 atom stereocenters. The van der Waals surface area contributed by atoms with Crippen LogP contribution in [0.1, 0.15) is 17.0 Å². The lowest BCUT2D eigenvalue weighted by molar-refractivity contribution is -0.152. The van der Waals surface area contributed by atoms with Crippen molar-refractivity contribution in [1.82, 2.24) is 19.8 Å². The molecule has 10 heteroatoms. The van der Waals surface area contributed by atoms with E-state index in [2.05, 4.69) is 10.3 Å². The summed E-state index contributed by atoms with van der Waals surface area (Å²) in [6.45, 7) is 0.0886. The van der Waals surface area contributed by atoms with Crippen LogP contribution in [0.25, 0.3) is 0 Å². The number of fused-ring (bicyclic) bond motifs is 1. The number of amides is 2. The van der Waals surface area contributed by atoms with Crippen LogP contribution in [0, 0.1) is 0 Å². The standard InChI is InChI=1S/C26H26N4O4S2/c1-29-12-11-27-20(29)14-18-9-5-6-10-19(18)36-26(25(33)34)15-30-23(32)22(24(30)35-16-26)28-21(31)13-17-7-3-2-4-8-17/h2-12,22,24H,13-16H2,1H3,(H,28,31)(H,33,34)/t22-,24-,26?/m1/s1. The Hall–Kier alpha value is -3.24. The zero-order valence-electron chi connectivity index (χ0n) is 19.7. The molecule has 3 heterocycles. The second-order valence-electron chi connectivity index (χ2n) is 9.02. The summed E-state index contributed by atoms with van der Waals surface area (Å²) in [6, 6.07) is 16.5. The molecule has 0 aliphatic carbocycles. The average Bonchev–Trinajstić information content (AvgIpc) is 3.28. The largest absolute Gasteiger partial charge is 0.480 e. The number of hydrogen-bond donors (Lipinski definition) is 2. The lowest BCUT2D eigenvalue weighted by Gasteiger charge is -2.53. The Morgan fingerprint density at radius 1 is 1.19 bits per heavy atom. The van der Waals surface area contributed by atoms with Crippen molar-refractivity contribution in [2.75, 3.05) is 12.3 Å². The third kappa shape index (κ3) is 4.75. The summed E-state index contributed by atoms with van der Waals surface area (Å²) < 4.78 is 0.758. The molecule has 2 aromatic carbocycles. The van der Waals surface area contributed by atoms with Gasteiger partial charge in [-0.3, -0.25) is 14.4 Å². The van der Waals surface area contributed by atoms with Gasteiger partial charge >= 0.3 is 5.97 Å². The molecule has 2 saturated heterocycles. The summed E-state index contributed by atoms with van der Waals surface area (Å²) in [4.78, 5) is 44.9. The lowest BCUT2D eigenvalue weighted by Crippen LogP contribution is -2.74. The Labute approximate surface area is 217 Å². The maximum absolute atomic E-state index is 12.9. The number of carbonyl (C=O) groups is 3. The molecule has 0 spiro atoms. The Kier molecular flexibility index (Phi) is 6.81. The predicted octanol–water partition coefficient (Wildman–Crippen LogP) is 2.57. The molecule has 2 aliphatic rings. The van der Waals surface area contributed by atoms with E-state index in [9.17, 15) is 19.5 Å². The van der Waals surface area contributed by atoms with E-state index in [-0.39, 0.29) is 30.2 Å². The van der Waals surface area contributed by atoms with Crippen LogP contribution in [-0.2, 0) is 34.3 Å². The fraction of sp³-hybridized carbons (Fsp3) is 0.308. The highest BCUT2D eigenvalue weighted by Crippen LogP contribution is 2.47. The van der Waals surface area contributed by atoms with Crippen molar-refractivity contribution in [2.45, 2.75) is 33.9 Å². The molecule has 8 nitrogen and oxygen atoms in total. The molecule has 2 fully saturated rings. The van der Waals surface area contributed by atoms with Crippen LogP contribution < -0.4 is 5.32 Å². The molecule has 5 rings (SSSR count). The molecular weight excluding hydrogens is 496 g/mol. The van der Waals surface area contributed by atoms with Gasteiger partial charge in [0.15, 0.2) is 0 Å². The van der Waals surface area contributed by atoms with Gasteiger partial charge in [0.1, 0.15) is 22.0 Å². The van der Waals surface area contributed by atoms with Crippen LogP contribution in [0.3, 0.4) is 0 Å². The molecule has 1 unspecified atom stereocenters. The summed E-state index contributed by atoms with van der Waals surface area (Å²) in [5, 5.41) is 12.9. The van der Waals surface area contributed by atoms with Crippen molar-refractivity contribution in [1.29, 1.82) is 0 Å². The Bertz CT molecular complexity index is 1300. The highest BCUT2D eigenvalue weighted by Gasteiger charge is 2.58. The number of carboxylic acid groups (broad SMARTS) is 1. The molecule has 0 saturated carbocycles. The molecule has 0 bridgehead atoms. The van der Waals surface area contributed by atoms with E-state index in [1.807, 2.05) is 72.4 Å². The maximum Gasteiger partial charge on any atom is 0.322 e. The van der Waals surface area contributed by atoms with Gasteiger partial charge in [-0.2, -0.15) is 0 Å². The number of benzene rings is 2. The van der Waals surface area contributed by atoms with Gasteiger partial charge in [0.05, 0.1) is 6.42 Å². The SMILES string of the molecule is Cn1ccnc1Cc1ccccc1SC1(C(=O)O)CS[C@@H]2[C@H](NC(=O)Cc3ccccc3)C(=O)N2C1. The number of nitrogens with one attached hydrogen (secondary N) is 1. The Morgan fingerprint density at radius 2 is 1.94 bits per heavy atom. The van der Waals surface area contributed by atoms with E-state index in [4.69, 9.17) is 0 Å². The van der Waals surface area contributed by atoms with Gasteiger partial charge in [0.25, 0.3) is 0 Å². The zero-order valence-corrected chi connectivity index (χ0v) is 21.3. The number of carboxylic acids is 1. The van der Waals surface area contributed by atoms with Gasteiger partial charge in [-0.25, -0.2) is 4.98 Å². The van der Waals surface area contributed by atoms with Gasteiger partial charge in [-0.1, -0.05) is 48.5 Å². The molecule has 36 heavy (non-hydrogen) atoms. The first-order valence-corrected chi connectivity index (χ1v) is 13.4. The molecule has 186 valence electrons. The Balaban J connectivity index is 1.28. The summed E-state index contributed by atoms with van der Waals surface area (Å²) in [6.07, 6.45) is 4.40. The predicted molar refractivity (Wildman–Crippen MR) is 139 cm³/mol. The summed E-state index contributed by atoms with van der Waals surface area (Å²) in [7, 11) is 1.93. The summed E-state index contributed by atoms with van der Waals surface area (Å²) in [5.41, 5.74) is 1.87. The van der Waals surface area contributed by atoms with E-state index in [0.29, 0.717) is 12.2 Å². The smallest absolute Gasteiger partial charge is 0.322 e. The van der Waals surface area contributed by atoms with Crippen molar-refractivity contribution in [3.05, 3.63) is 83.9 Å². The first-order chi connectivity index (χ1) is 17.4. The van der Waals surface area contributed by atoms with Crippen LogP contribution in [0.4, 0.5) is 0 Å². The molecule has 0 radical (unpaired) electrons. The first-order valence-electron chi connectivity index (χ1n) is 11.6. The number of aryl methyl sites for hydroxylation is 1. The van der Waals surface area contributed by atoms with Gasteiger partial charge < -0.3 is 19.9 Å². The number of thioether (sulfide) groups is 2. The Morgan fingerprint density at radius 3 is 2.67 bits per heavy atom. The topological polar surface area (TPSA) is 105 Å². The average molecular weight is 523 g/mol. The normalized spacial score (nSPS) is 23.0. The highest BCUT2D eigenvalue weighted by molar-refractivity contribution is 8.05. The maximum atomic E-state index is 12.9. The summed E-state index contributed by atoms with van der Waals surface area (Å²) >= 11 is 2.71. The van der Waals surface area contributed by atoms with Crippen LogP contribution in [0.15, 0.2) is 71.9 Å². The number of imidazole rings is 1. The van der Waals surface area contributed by atoms with Crippen LogP contribution in [-0.4, -0.2) is 65.8 Å². The minimum atomic E-state index is -1.19. The molecule has 1 aromatic heterocycles. The second-order valence-corrected chi connectivity index (χ2v) is 11.5. The van der Waals surface area contributed by atoms with Crippen molar-refractivity contribution < 1.29 is 19.5 Å².